The van der Waals surface area contributed by atoms with E-state index in [4.69, 9.17) is 14.7 Å². The number of allylic oxidation sites excluding steroid dienone is 2. The number of H-pyrrole nitrogens is 2. The molecule has 2 aliphatic heterocycles. The highest BCUT2D eigenvalue weighted by molar-refractivity contribution is 6.04. The normalized spacial score (nSPS) is 12.2. The Bertz CT molecular complexity index is 3050. The maximum Gasteiger partial charge on any atom is 0.118 e. The molecule has 0 saturated carbocycles. The van der Waals surface area contributed by atoms with Gasteiger partial charge in [-0.1, -0.05) is 146 Å². The predicted molar refractivity (Wildman–Crippen MR) is 242 cm³/mol. The first kappa shape index (κ1) is 34.7. The molecule has 8 bridgehead atoms. The molecule has 58 heavy (non-hydrogen) atoms. The zero-order chi connectivity index (χ0) is 38.8. The Morgan fingerprint density at radius 1 is 0.414 bits per heavy atom. The number of aromatic amines is 2. The van der Waals surface area contributed by atoms with Crippen molar-refractivity contribution in [2.24, 2.45) is 0 Å². The second-order valence-corrected chi connectivity index (χ2v) is 14.3. The van der Waals surface area contributed by atoms with Crippen molar-refractivity contribution in [2.75, 3.05) is 7.11 Å². The molecule has 10 rings (SSSR count). The van der Waals surface area contributed by atoms with Gasteiger partial charge in [-0.3, -0.25) is 0 Å². The second-order valence-electron chi connectivity index (χ2n) is 14.3. The Morgan fingerprint density at radius 3 is 1.28 bits per heavy atom. The Kier molecular flexibility index (Phi) is 9.01. The first-order chi connectivity index (χ1) is 28.7. The van der Waals surface area contributed by atoms with Crippen LogP contribution in [0.15, 0.2) is 176 Å². The number of fused-ring (bicyclic) bond motifs is 8. The van der Waals surface area contributed by atoms with Crippen LogP contribution in [0.3, 0.4) is 0 Å². The monoisotopic (exact) mass is 746 g/mol. The molecule has 0 radical (unpaired) electrons. The zero-order valence-electron chi connectivity index (χ0n) is 31.9. The van der Waals surface area contributed by atoms with Crippen LogP contribution < -0.4 is 4.74 Å². The van der Waals surface area contributed by atoms with Crippen molar-refractivity contribution in [1.82, 2.24) is 19.9 Å². The summed E-state index contributed by atoms with van der Waals surface area (Å²) in [7, 11) is 1.69. The van der Waals surface area contributed by atoms with E-state index in [-0.39, 0.29) is 0 Å². The van der Waals surface area contributed by atoms with Gasteiger partial charge in [-0.25, -0.2) is 9.97 Å². The van der Waals surface area contributed by atoms with Gasteiger partial charge < -0.3 is 14.7 Å². The van der Waals surface area contributed by atoms with Gasteiger partial charge in [-0.15, -0.1) is 0 Å². The van der Waals surface area contributed by atoms with Crippen molar-refractivity contribution in [3.8, 4) is 50.3 Å². The van der Waals surface area contributed by atoms with Gasteiger partial charge in [0, 0.05) is 49.9 Å². The van der Waals surface area contributed by atoms with E-state index in [1.807, 2.05) is 12.1 Å². The van der Waals surface area contributed by atoms with Crippen LogP contribution in [0.4, 0.5) is 0 Å². The van der Waals surface area contributed by atoms with E-state index < -0.39 is 0 Å². The van der Waals surface area contributed by atoms with Gasteiger partial charge in [0.1, 0.15) is 5.75 Å². The van der Waals surface area contributed by atoms with Gasteiger partial charge in [0.2, 0.25) is 0 Å². The van der Waals surface area contributed by atoms with E-state index in [1.165, 1.54) is 0 Å². The summed E-state index contributed by atoms with van der Waals surface area (Å²) >= 11 is 0. The van der Waals surface area contributed by atoms with Gasteiger partial charge in [-0.05, 0) is 82.4 Å². The quantitative estimate of drug-likeness (QED) is 0.171. The number of hydrogen-bond acceptors (Lipinski definition) is 3. The molecule has 5 heteroatoms. The Hall–Kier alpha value is -7.76. The van der Waals surface area contributed by atoms with E-state index in [9.17, 15) is 0 Å². The lowest BCUT2D eigenvalue weighted by Gasteiger charge is -2.08. The first-order valence-electron chi connectivity index (χ1n) is 19.4. The minimum atomic E-state index is 0.821. The summed E-state index contributed by atoms with van der Waals surface area (Å²) in [6.45, 7) is 0. The molecule has 0 amide bonds. The van der Waals surface area contributed by atoms with Crippen LogP contribution in [0.2, 0.25) is 0 Å². The molecule has 8 aromatic rings. The molecular weight excluding hydrogens is 709 g/mol. The summed E-state index contributed by atoms with van der Waals surface area (Å²) in [6.07, 6.45) is 10.8. The average Bonchev–Trinajstić information content (AvgIpc) is 4.12. The summed E-state index contributed by atoms with van der Waals surface area (Å²) < 4.78 is 5.45. The Morgan fingerprint density at radius 2 is 0.828 bits per heavy atom. The number of aromatic nitrogens is 4. The molecule has 0 saturated heterocycles. The fraction of sp³-hybridized carbons (Fsp3) is 0.0189. The van der Waals surface area contributed by atoms with Gasteiger partial charge in [-0.2, -0.15) is 0 Å². The first-order valence-corrected chi connectivity index (χ1v) is 19.4. The summed E-state index contributed by atoms with van der Waals surface area (Å²) in [6, 6.07) is 58.9. The fourth-order valence-electron chi connectivity index (χ4n) is 7.97. The van der Waals surface area contributed by atoms with Gasteiger partial charge in [0.15, 0.2) is 0 Å². The predicted octanol–water partition coefficient (Wildman–Crippen LogP) is 13.4. The lowest BCUT2D eigenvalue weighted by Crippen LogP contribution is -1.90. The van der Waals surface area contributed by atoms with Crippen molar-refractivity contribution in [3.63, 3.8) is 0 Å². The molecule has 2 aliphatic rings. The van der Waals surface area contributed by atoms with E-state index in [0.717, 1.165) is 106 Å². The number of nitrogens with one attached hydrogen (secondary N) is 2. The van der Waals surface area contributed by atoms with Crippen LogP contribution in [-0.2, 0) is 0 Å². The molecule has 0 fully saturated rings. The number of ether oxygens (including phenoxy) is 1. The van der Waals surface area contributed by atoms with E-state index >= 15 is 0 Å². The third-order valence-corrected chi connectivity index (χ3v) is 10.7. The Labute approximate surface area is 337 Å². The van der Waals surface area contributed by atoms with Gasteiger partial charge >= 0.3 is 0 Å². The lowest BCUT2D eigenvalue weighted by atomic mass is 9.99. The minimum absolute atomic E-state index is 0.821. The Balaban J connectivity index is 1.37. The fourth-order valence-corrected chi connectivity index (χ4v) is 7.97. The summed E-state index contributed by atoms with van der Waals surface area (Å²) in [5.74, 6) is 0.821. The summed E-state index contributed by atoms with van der Waals surface area (Å²) in [4.78, 5) is 18.8. The zero-order valence-corrected chi connectivity index (χ0v) is 31.9. The van der Waals surface area contributed by atoms with Crippen LogP contribution in [-0.4, -0.2) is 27.0 Å². The number of rotatable bonds is 7. The van der Waals surface area contributed by atoms with Crippen molar-refractivity contribution >= 4 is 51.9 Å². The van der Waals surface area contributed by atoms with Crippen molar-refractivity contribution < 1.29 is 4.74 Å². The van der Waals surface area contributed by atoms with Crippen LogP contribution in [0.1, 0.15) is 28.3 Å². The molecule has 0 atom stereocenters. The molecule has 0 spiro atoms. The summed E-state index contributed by atoms with van der Waals surface area (Å²) in [5, 5.41) is 0. The molecule has 5 aromatic carbocycles. The smallest absolute Gasteiger partial charge is 0.118 e. The molecule has 3 aromatic heterocycles. The maximum atomic E-state index is 5.62. The number of hydrogen-bond donors (Lipinski definition) is 2. The lowest BCUT2D eigenvalue weighted by molar-refractivity contribution is 0.415. The number of nitrogens with zero attached hydrogens (tertiary/aromatic N) is 2. The highest BCUT2D eigenvalue weighted by Gasteiger charge is 2.21. The van der Waals surface area contributed by atoms with Crippen LogP contribution >= 0.6 is 0 Å². The SMILES string of the molecule is COc1ccc(/C=C\C2=Cc3nc2c(-c2ccccc2)c2ccc([nH]2)c(-c2ccccc2)c2nc(c(-c4ccccc4)c4ccc([nH]4)c3-c3ccccc3)C=C2)cc1. The van der Waals surface area contributed by atoms with Crippen LogP contribution in [0.25, 0.3) is 96.5 Å². The number of benzene rings is 5. The van der Waals surface area contributed by atoms with E-state index in [2.05, 4.69) is 198 Å². The van der Waals surface area contributed by atoms with Crippen molar-refractivity contribution in [2.45, 2.75) is 0 Å². The van der Waals surface area contributed by atoms with Crippen molar-refractivity contribution in [1.29, 1.82) is 0 Å². The molecule has 0 aliphatic carbocycles. The third-order valence-electron chi connectivity index (χ3n) is 10.7. The minimum Gasteiger partial charge on any atom is -0.497 e. The third kappa shape index (κ3) is 6.55. The molecule has 5 nitrogen and oxygen atoms in total. The van der Waals surface area contributed by atoms with Gasteiger partial charge in [0.25, 0.3) is 0 Å². The highest BCUT2D eigenvalue weighted by Crippen LogP contribution is 2.40. The largest absolute Gasteiger partial charge is 0.497 e. The van der Waals surface area contributed by atoms with Crippen LogP contribution in [0, 0.1) is 0 Å². The van der Waals surface area contributed by atoms with Crippen LogP contribution in [0.5, 0.6) is 5.75 Å². The topological polar surface area (TPSA) is 66.6 Å². The van der Waals surface area contributed by atoms with Crippen molar-refractivity contribution in [3.05, 3.63) is 204 Å². The standard InChI is InChI=1S/C53H38N4O/c1-58-41-26-23-35(24-27-41)22-25-40-34-48-51(38-18-10-4-11-19-38)46-31-30-44(55-46)49(36-14-6-2-7-15-36)42-28-29-43(54-42)50(37-16-8-3-9-17-37)45-32-33-47(56-45)52(53(40)57-48)39-20-12-5-13-21-39/h2-34,55-56H,1H3/b25-22-,49-42?,49-44?,50-43?,50-45?,51-46?,51-48?,52-47?,53-52?. The molecule has 2 N–H and O–H groups in total. The maximum absolute atomic E-state index is 5.62. The molecular formula is C53H38N4O. The molecule has 0 unspecified atom stereocenters. The average molecular weight is 747 g/mol. The van der Waals surface area contributed by atoms with E-state index in [1.54, 1.807) is 7.11 Å². The highest BCUT2D eigenvalue weighted by atomic mass is 16.5. The number of methoxy groups -OCH3 is 1. The molecule has 5 heterocycles. The summed E-state index contributed by atoms with van der Waals surface area (Å²) in [5.41, 5.74) is 17.7. The van der Waals surface area contributed by atoms with E-state index in [0.29, 0.717) is 0 Å². The van der Waals surface area contributed by atoms with Gasteiger partial charge in [0.05, 0.1) is 29.9 Å². The second kappa shape index (κ2) is 15.1. The molecule has 276 valence electrons.